The lowest BCUT2D eigenvalue weighted by atomic mass is 9.99. The molecule has 0 saturated heterocycles. The molecule has 0 saturated carbocycles. The molecule has 11 nitrogen and oxygen atoms in total. The number of aliphatic hydroxyl groups excluding tert-OH is 1. The molecule has 2 aromatic rings. The van der Waals surface area contributed by atoms with Crippen molar-refractivity contribution >= 4 is 23.7 Å². The molecular formula is C26H34N4O7. The van der Waals surface area contributed by atoms with Crippen molar-refractivity contribution in [2.24, 2.45) is 11.7 Å². The number of carbonyl (C=O) groups is 4. The number of hydrogen-bond donors (Lipinski definition) is 7. The van der Waals surface area contributed by atoms with Gasteiger partial charge in [-0.2, -0.15) is 0 Å². The minimum Gasteiger partial charge on any atom is -0.508 e. The smallest absolute Gasteiger partial charge is 0.328 e. The summed E-state index contributed by atoms with van der Waals surface area (Å²) >= 11 is 0. The third-order valence-electron chi connectivity index (χ3n) is 5.69. The lowest BCUT2D eigenvalue weighted by molar-refractivity contribution is -0.143. The van der Waals surface area contributed by atoms with E-state index < -0.39 is 54.5 Å². The summed E-state index contributed by atoms with van der Waals surface area (Å²) in [6.07, 6.45) is 0.227. The number of nitrogens with two attached hydrogens (primary N) is 1. The van der Waals surface area contributed by atoms with E-state index in [1.165, 1.54) is 12.1 Å². The quantitative estimate of drug-likeness (QED) is 0.189. The van der Waals surface area contributed by atoms with Crippen molar-refractivity contribution in [1.82, 2.24) is 16.0 Å². The number of benzene rings is 2. The Hall–Kier alpha value is -3.96. The Morgan fingerprint density at radius 1 is 0.784 bits per heavy atom. The standard InChI is InChI=1S/C26H34N4O7/c1-15(2)22(30-23(33)19(27)12-16-6-4-3-5-7-16)25(35)28-20(13-17-8-10-18(32)11-9-17)24(34)29-21(14-31)26(36)37/h3-11,15,19-22,31-32H,12-14,27H2,1-2H3,(H,28,35)(H,29,34)(H,30,33)(H,36,37). The number of rotatable bonds is 13. The summed E-state index contributed by atoms with van der Waals surface area (Å²) < 4.78 is 0. The summed E-state index contributed by atoms with van der Waals surface area (Å²) in [6, 6.07) is 10.3. The van der Waals surface area contributed by atoms with Crippen molar-refractivity contribution in [2.45, 2.75) is 50.9 Å². The van der Waals surface area contributed by atoms with Crippen LogP contribution in [-0.2, 0) is 32.0 Å². The van der Waals surface area contributed by atoms with E-state index in [2.05, 4.69) is 16.0 Å². The highest BCUT2D eigenvalue weighted by atomic mass is 16.4. The van der Waals surface area contributed by atoms with Crippen molar-refractivity contribution in [1.29, 1.82) is 0 Å². The van der Waals surface area contributed by atoms with Gasteiger partial charge in [-0.15, -0.1) is 0 Å². The van der Waals surface area contributed by atoms with Crippen molar-refractivity contribution in [2.75, 3.05) is 6.61 Å². The Balaban J connectivity index is 2.17. The Labute approximate surface area is 215 Å². The number of nitrogens with one attached hydrogen (secondary N) is 3. The van der Waals surface area contributed by atoms with Crippen LogP contribution in [0.4, 0.5) is 0 Å². The van der Waals surface area contributed by atoms with Gasteiger partial charge in [0.25, 0.3) is 0 Å². The average molecular weight is 515 g/mol. The largest absolute Gasteiger partial charge is 0.508 e. The highest BCUT2D eigenvalue weighted by Gasteiger charge is 2.31. The number of aliphatic carboxylic acids is 1. The van der Waals surface area contributed by atoms with E-state index in [1.807, 2.05) is 30.3 Å². The van der Waals surface area contributed by atoms with Crippen LogP contribution >= 0.6 is 0 Å². The van der Waals surface area contributed by atoms with E-state index in [4.69, 9.17) is 5.73 Å². The second kappa shape index (κ2) is 14.0. The van der Waals surface area contributed by atoms with Crippen LogP contribution in [0.5, 0.6) is 5.75 Å². The minimum absolute atomic E-state index is 0.00874. The molecule has 4 atom stereocenters. The molecule has 0 fully saturated rings. The Kier molecular flexibility index (Phi) is 11.0. The summed E-state index contributed by atoms with van der Waals surface area (Å²) in [5, 5.41) is 35.4. The maximum absolute atomic E-state index is 13.2. The van der Waals surface area contributed by atoms with E-state index in [9.17, 15) is 34.5 Å². The number of amides is 3. The van der Waals surface area contributed by atoms with Gasteiger partial charge in [-0.3, -0.25) is 14.4 Å². The summed E-state index contributed by atoms with van der Waals surface area (Å²) in [5.74, 6) is -3.83. The monoisotopic (exact) mass is 514 g/mol. The molecule has 0 heterocycles. The summed E-state index contributed by atoms with van der Waals surface area (Å²) in [4.78, 5) is 50.1. The summed E-state index contributed by atoms with van der Waals surface area (Å²) in [7, 11) is 0. The maximum Gasteiger partial charge on any atom is 0.328 e. The van der Waals surface area contributed by atoms with Crippen molar-refractivity contribution < 1.29 is 34.5 Å². The summed E-state index contributed by atoms with van der Waals surface area (Å²) in [5.41, 5.74) is 7.49. The molecule has 8 N–H and O–H groups in total. The number of hydrogen-bond acceptors (Lipinski definition) is 7. The van der Waals surface area contributed by atoms with Crippen molar-refractivity contribution in [3.05, 3.63) is 65.7 Å². The molecule has 3 amide bonds. The number of phenolic OH excluding ortho intramolecular Hbond substituents is 1. The number of aromatic hydroxyl groups is 1. The molecule has 0 aromatic heterocycles. The molecule has 37 heavy (non-hydrogen) atoms. The summed E-state index contributed by atoms with van der Waals surface area (Å²) in [6.45, 7) is 2.59. The first-order valence-corrected chi connectivity index (χ1v) is 11.8. The van der Waals surface area contributed by atoms with E-state index in [0.29, 0.717) is 5.56 Å². The first-order valence-electron chi connectivity index (χ1n) is 11.8. The van der Waals surface area contributed by atoms with Crippen LogP contribution in [0, 0.1) is 5.92 Å². The molecule has 0 aliphatic carbocycles. The number of carbonyl (C=O) groups excluding carboxylic acids is 3. The third kappa shape index (κ3) is 9.21. The topological polar surface area (TPSA) is 191 Å². The number of phenols is 1. The van der Waals surface area contributed by atoms with Gasteiger partial charge in [0.05, 0.1) is 12.6 Å². The predicted octanol–water partition coefficient (Wildman–Crippen LogP) is -0.308. The Bertz CT molecular complexity index is 1060. The minimum atomic E-state index is -1.57. The van der Waals surface area contributed by atoms with E-state index in [-0.39, 0.29) is 24.5 Å². The van der Waals surface area contributed by atoms with Crippen LogP contribution in [0.2, 0.25) is 0 Å². The number of carboxylic acids is 1. The molecule has 200 valence electrons. The van der Waals surface area contributed by atoms with Gasteiger partial charge in [-0.1, -0.05) is 56.3 Å². The lowest BCUT2D eigenvalue weighted by Gasteiger charge is -2.27. The van der Waals surface area contributed by atoms with Gasteiger partial charge in [-0.05, 0) is 35.6 Å². The van der Waals surface area contributed by atoms with Crippen molar-refractivity contribution in [3.8, 4) is 5.75 Å². The zero-order valence-corrected chi connectivity index (χ0v) is 20.8. The van der Waals surface area contributed by atoms with E-state index in [1.54, 1.807) is 26.0 Å². The lowest BCUT2D eigenvalue weighted by Crippen LogP contribution is -2.59. The van der Waals surface area contributed by atoms with Crippen LogP contribution in [-0.4, -0.2) is 69.8 Å². The zero-order valence-electron chi connectivity index (χ0n) is 20.8. The maximum atomic E-state index is 13.2. The van der Waals surface area contributed by atoms with Gasteiger partial charge in [-0.25, -0.2) is 4.79 Å². The second-order valence-corrected chi connectivity index (χ2v) is 9.04. The van der Waals surface area contributed by atoms with Crippen molar-refractivity contribution in [3.63, 3.8) is 0 Å². The molecule has 0 aliphatic rings. The fourth-order valence-electron chi connectivity index (χ4n) is 3.55. The number of carboxylic acid groups (broad SMARTS) is 1. The molecule has 4 unspecified atom stereocenters. The van der Waals surface area contributed by atoms with Crippen LogP contribution in [0.1, 0.15) is 25.0 Å². The molecule has 0 aliphatic heterocycles. The normalized spacial score (nSPS) is 14.2. The molecule has 0 bridgehead atoms. The molecular weight excluding hydrogens is 480 g/mol. The number of aliphatic hydroxyl groups is 1. The zero-order chi connectivity index (χ0) is 27.5. The third-order valence-corrected chi connectivity index (χ3v) is 5.69. The SMILES string of the molecule is CC(C)C(NC(=O)C(N)Cc1ccccc1)C(=O)NC(Cc1ccc(O)cc1)C(=O)NC(CO)C(=O)O. The molecule has 2 rings (SSSR count). The first kappa shape index (κ1) is 29.3. The van der Waals surface area contributed by atoms with Gasteiger partial charge >= 0.3 is 5.97 Å². The van der Waals surface area contributed by atoms with Gasteiger partial charge in [0.2, 0.25) is 17.7 Å². The van der Waals surface area contributed by atoms with Crippen LogP contribution in [0.15, 0.2) is 54.6 Å². The fraction of sp³-hybridized carbons (Fsp3) is 0.385. The highest BCUT2D eigenvalue weighted by Crippen LogP contribution is 2.12. The molecule has 2 aromatic carbocycles. The van der Waals surface area contributed by atoms with Gasteiger partial charge in [0, 0.05) is 6.42 Å². The highest BCUT2D eigenvalue weighted by molar-refractivity contribution is 5.94. The Morgan fingerprint density at radius 3 is 1.89 bits per heavy atom. The van der Waals surface area contributed by atoms with E-state index >= 15 is 0 Å². The molecule has 0 radical (unpaired) electrons. The molecule has 11 heteroatoms. The molecule has 0 spiro atoms. The van der Waals surface area contributed by atoms with Crippen LogP contribution < -0.4 is 21.7 Å². The second-order valence-electron chi connectivity index (χ2n) is 9.04. The van der Waals surface area contributed by atoms with Crippen LogP contribution in [0.3, 0.4) is 0 Å². The van der Waals surface area contributed by atoms with E-state index in [0.717, 1.165) is 5.56 Å². The van der Waals surface area contributed by atoms with Crippen LogP contribution in [0.25, 0.3) is 0 Å². The average Bonchev–Trinajstić information content (AvgIpc) is 2.86. The van der Waals surface area contributed by atoms with Gasteiger partial charge < -0.3 is 37.0 Å². The van der Waals surface area contributed by atoms with Gasteiger partial charge in [0.1, 0.15) is 23.9 Å². The first-order chi connectivity index (χ1) is 17.5. The Morgan fingerprint density at radius 2 is 1.35 bits per heavy atom. The fourth-order valence-corrected chi connectivity index (χ4v) is 3.55. The predicted molar refractivity (Wildman–Crippen MR) is 135 cm³/mol. The van der Waals surface area contributed by atoms with Gasteiger partial charge in [0.15, 0.2) is 0 Å².